The predicted octanol–water partition coefficient (Wildman–Crippen LogP) is 1.31. The standard InChI is InChI=1S/C10H12N2O/c1-7-4-9(12-6-11-7)5-10(13)8-2-3-8/h4,6,8H,2-3,5H2,1H3. The maximum absolute atomic E-state index is 11.4. The van der Waals surface area contributed by atoms with Gasteiger partial charge in [-0.1, -0.05) is 0 Å². The average molecular weight is 176 g/mol. The molecule has 1 aromatic rings. The summed E-state index contributed by atoms with van der Waals surface area (Å²) in [6.45, 7) is 1.91. The van der Waals surface area contributed by atoms with Gasteiger partial charge in [0.2, 0.25) is 0 Å². The Morgan fingerprint density at radius 3 is 2.92 bits per heavy atom. The number of hydrogen-bond donors (Lipinski definition) is 0. The van der Waals surface area contributed by atoms with Crippen molar-refractivity contribution < 1.29 is 4.79 Å². The summed E-state index contributed by atoms with van der Waals surface area (Å²) in [5, 5.41) is 0. The Morgan fingerprint density at radius 1 is 1.54 bits per heavy atom. The third-order valence-electron chi connectivity index (χ3n) is 2.25. The first-order valence-electron chi connectivity index (χ1n) is 4.56. The molecule has 1 aromatic heterocycles. The Balaban J connectivity index is 2.04. The van der Waals surface area contributed by atoms with Gasteiger partial charge in [-0.2, -0.15) is 0 Å². The van der Waals surface area contributed by atoms with Crippen LogP contribution in [0.3, 0.4) is 0 Å². The second-order valence-corrected chi connectivity index (χ2v) is 3.57. The topological polar surface area (TPSA) is 42.9 Å². The van der Waals surface area contributed by atoms with Gasteiger partial charge in [-0.3, -0.25) is 4.79 Å². The van der Waals surface area contributed by atoms with Crippen molar-refractivity contribution in [2.75, 3.05) is 0 Å². The lowest BCUT2D eigenvalue weighted by atomic mass is 10.1. The monoisotopic (exact) mass is 176 g/mol. The van der Waals surface area contributed by atoms with Gasteiger partial charge in [-0.05, 0) is 25.8 Å². The summed E-state index contributed by atoms with van der Waals surface area (Å²) >= 11 is 0. The number of aryl methyl sites for hydroxylation is 1. The zero-order valence-electron chi connectivity index (χ0n) is 7.66. The number of carbonyl (C=O) groups excluding carboxylic acids is 1. The number of Topliss-reactive ketones (excluding diaryl/α,β-unsaturated/α-hetero) is 1. The van der Waals surface area contributed by atoms with Crippen LogP contribution in [0.2, 0.25) is 0 Å². The van der Waals surface area contributed by atoms with E-state index in [1.807, 2.05) is 13.0 Å². The van der Waals surface area contributed by atoms with Gasteiger partial charge in [0.25, 0.3) is 0 Å². The maximum atomic E-state index is 11.4. The summed E-state index contributed by atoms with van der Waals surface area (Å²) in [6, 6.07) is 1.88. The van der Waals surface area contributed by atoms with Gasteiger partial charge in [0.05, 0.1) is 5.69 Å². The van der Waals surface area contributed by atoms with Crippen LogP contribution in [0.5, 0.6) is 0 Å². The Labute approximate surface area is 77.2 Å². The average Bonchev–Trinajstić information content (AvgIpc) is 2.85. The Morgan fingerprint density at radius 2 is 2.31 bits per heavy atom. The molecule has 3 nitrogen and oxygen atoms in total. The van der Waals surface area contributed by atoms with Crippen LogP contribution in [-0.2, 0) is 11.2 Å². The zero-order valence-corrected chi connectivity index (χ0v) is 7.66. The maximum Gasteiger partial charge on any atom is 0.141 e. The molecule has 0 bridgehead atoms. The summed E-state index contributed by atoms with van der Waals surface area (Å²) in [6.07, 6.45) is 4.14. The minimum absolute atomic E-state index is 0.329. The van der Waals surface area contributed by atoms with Crippen LogP contribution < -0.4 is 0 Å². The normalized spacial score (nSPS) is 15.8. The van der Waals surface area contributed by atoms with Gasteiger partial charge in [-0.15, -0.1) is 0 Å². The van der Waals surface area contributed by atoms with E-state index in [1.54, 1.807) is 0 Å². The van der Waals surface area contributed by atoms with E-state index in [0.717, 1.165) is 24.2 Å². The number of ketones is 1. The highest BCUT2D eigenvalue weighted by Crippen LogP contribution is 2.30. The first-order chi connectivity index (χ1) is 6.25. The molecule has 0 unspecified atom stereocenters. The van der Waals surface area contributed by atoms with Crippen molar-refractivity contribution in [2.45, 2.75) is 26.2 Å². The van der Waals surface area contributed by atoms with Gasteiger partial charge in [-0.25, -0.2) is 9.97 Å². The molecule has 2 rings (SSSR count). The van der Waals surface area contributed by atoms with Crippen LogP contribution in [0.1, 0.15) is 24.2 Å². The lowest BCUT2D eigenvalue weighted by Crippen LogP contribution is -2.06. The first kappa shape index (κ1) is 8.35. The van der Waals surface area contributed by atoms with Crippen LogP contribution in [0.4, 0.5) is 0 Å². The molecule has 1 aliphatic carbocycles. The van der Waals surface area contributed by atoms with E-state index in [0.29, 0.717) is 18.1 Å². The smallest absolute Gasteiger partial charge is 0.141 e. The van der Waals surface area contributed by atoms with Crippen LogP contribution in [-0.4, -0.2) is 15.8 Å². The quantitative estimate of drug-likeness (QED) is 0.697. The minimum atomic E-state index is 0.329. The van der Waals surface area contributed by atoms with E-state index in [9.17, 15) is 4.79 Å². The molecule has 0 spiro atoms. The Kier molecular flexibility index (Phi) is 2.08. The molecule has 0 N–H and O–H groups in total. The molecule has 0 aromatic carbocycles. The number of nitrogens with zero attached hydrogens (tertiary/aromatic N) is 2. The highest BCUT2D eigenvalue weighted by molar-refractivity contribution is 5.84. The molecule has 68 valence electrons. The van der Waals surface area contributed by atoms with Gasteiger partial charge >= 0.3 is 0 Å². The van der Waals surface area contributed by atoms with Crippen molar-refractivity contribution in [3.8, 4) is 0 Å². The van der Waals surface area contributed by atoms with Crippen molar-refractivity contribution in [1.29, 1.82) is 0 Å². The number of aromatic nitrogens is 2. The number of hydrogen-bond acceptors (Lipinski definition) is 3. The fourth-order valence-corrected chi connectivity index (χ4v) is 1.33. The fourth-order valence-electron chi connectivity index (χ4n) is 1.33. The molecule has 1 fully saturated rings. The molecule has 0 atom stereocenters. The summed E-state index contributed by atoms with van der Waals surface area (Å²) in [7, 11) is 0. The van der Waals surface area contributed by atoms with Crippen LogP contribution in [0, 0.1) is 12.8 Å². The molecule has 3 heteroatoms. The first-order valence-corrected chi connectivity index (χ1v) is 4.56. The molecule has 1 saturated carbocycles. The summed E-state index contributed by atoms with van der Waals surface area (Å²) in [5.41, 5.74) is 1.78. The van der Waals surface area contributed by atoms with Crippen molar-refractivity contribution in [1.82, 2.24) is 9.97 Å². The van der Waals surface area contributed by atoms with Crippen molar-refractivity contribution >= 4 is 5.78 Å². The molecule has 1 heterocycles. The Bertz CT molecular complexity index is 331. The Hall–Kier alpha value is -1.25. The minimum Gasteiger partial charge on any atom is -0.299 e. The lowest BCUT2D eigenvalue weighted by molar-refractivity contribution is -0.119. The van der Waals surface area contributed by atoms with Crippen LogP contribution in [0.25, 0.3) is 0 Å². The van der Waals surface area contributed by atoms with Crippen LogP contribution in [0.15, 0.2) is 12.4 Å². The molecule has 0 amide bonds. The highest BCUT2D eigenvalue weighted by Gasteiger charge is 2.29. The van der Waals surface area contributed by atoms with E-state index >= 15 is 0 Å². The second-order valence-electron chi connectivity index (χ2n) is 3.57. The molecule has 13 heavy (non-hydrogen) atoms. The van der Waals surface area contributed by atoms with E-state index in [2.05, 4.69) is 9.97 Å². The predicted molar refractivity (Wildman–Crippen MR) is 48.2 cm³/mol. The van der Waals surface area contributed by atoms with Crippen molar-refractivity contribution in [3.63, 3.8) is 0 Å². The highest BCUT2D eigenvalue weighted by atomic mass is 16.1. The largest absolute Gasteiger partial charge is 0.299 e. The van der Waals surface area contributed by atoms with E-state index in [-0.39, 0.29) is 0 Å². The fraction of sp³-hybridized carbons (Fsp3) is 0.500. The number of rotatable bonds is 3. The third kappa shape index (κ3) is 2.11. The van der Waals surface area contributed by atoms with Gasteiger partial charge in [0.1, 0.15) is 12.1 Å². The summed E-state index contributed by atoms with van der Waals surface area (Å²) < 4.78 is 0. The summed E-state index contributed by atoms with van der Waals surface area (Å²) in [5.74, 6) is 0.661. The third-order valence-corrected chi connectivity index (χ3v) is 2.25. The molecule has 0 aliphatic heterocycles. The SMILES string of the molecule is Cc1cc(CC(=O)C2CC2)ncn1. The molecule has 0 radical (unpaired) electrons. The van der Waals surface area contributed by atoms with E-state index in [4.69, 9.17) is 0 Å². The van der Waals surface area contributed by atoms with Gasteiger partial charge in [0, 0.05) is 18.0 Å². The molecule has 0 saturated heterocycles. The van der Waals surface area contributed by atoms with E-state index in [1.165, 1.54) is 6.33 Å². The van der Waals surface area contributed by atoms with Gasteiger partial charge in [0.15, 0.2) is 0 Å². The zero-order chi connectivity index (χ0) is 9.26. The molecule has 1 aliphatic rings. The molecular weight excluding hydrogens is 164 g/mol. The number of carbonyl (C=O) groups is 1. The van der Waals surface area contributed by atoms with E-state index < -0.39 is 0 Å². The van der Waals surface area contributed by atoms with Crippen LogP contribution >= 0.6 is 0 Å². The van der Waals surface area contributed by atoms with Crippen molar-refractivity contribution in [2.24, 2.45) is 5.92 Å². The second kappa shape index (κ2) is 3.24. The molecular formula is C10H12N2O. The summed E-state index contributed by atoms with van der Waals surface area (Å²) in [4.78, 5) is 19.5. The van der Waals surface area contributed by atoms with Crippen molar-refractivity contribution in [3.05, 3.63) is 23.8 Å². The van der Waals surface area contributed by atoms with Gasteiger partial charge < -0.3 is 0 Å². The lowest BCUT2D eigenvalue weighted by Gasteiger charge is -1.98.